The summed E-state index contributed by atoms with van der Waals surface area (Å²) in [6.07, 6.45) is 6.28. The van der Waals surface area contributed by atoms with Gasteiger partial charge in [-0.2, -0.15) is 0 Å². The predicted octanol–water partition coefficient (Wildman–Crippen LogP) is 3.59. The summed E-state index contributed by atoms with van der Waals surface area (Å²) < 4.78 is 5.71. The molecule has 3 fully saturated rings. The topological polar surface area (TPSA) is 77.5 Å². The van der Waals surface area contributed by atoms with Crippen LogP contribution in [0.5, 0.6) is 0 Å². The molecule has 4 aliphatic rings. The van der Waals surface area contributed by atoms with E-state index in [4.69, 9.17) is 4.74 Å². The van der Waals surface area contributed by atoms with Crippen LogP contribution in [0.25, 0.3) is 0 Å². The van der Waals surface area contributed by atoms with Crippen LogP contribution in [0, 0.1) is 28.6 Å². The van der Waals surface area contributed by atoms with Gasteiger partial charge in [0.1, 0.15) is 5.78 Å². The lowest BCUT2D eigenvalue weighted by atomic mass is 9.46. The SMILES string of the molecule is CC(=O)O[C@]1(C(C)=O)CC[C@H]2[C@@H]3CCC4=CC(=O)CC[C@]4(C)[C@H]3C(=O)C[C@@]21C. The van der Waals surface area contributed by atoms with Gasteiger partial charge >= 0.3 is 5.97 Å². The first-order valence-electron chi connectivity index (χ1n) is 10.5. The Labute approximate surface area is 166 Å². The number of hydrogen-bond donors (Lipinski definition) is 0. The standard InChI is InChI=1S/C23H30O5/c1-13(24)23(28-14(2)25)10-8-18-17-6-5-15-11-16(26)7-9-21(15,3)20(17)19(27)12-22(18,23)4/h11,17-18,20H,5-10,12H2,1-4H3/t17-,18-,20+,21-,22-,23-/m0/s1. The van der Waals surface area contributed by atoms with Crippen LogP contribution >= 0.6 is 0 Å². The van der Waals surface area contributed by atoms with Crippen molar-refractivity contribution in [3.63, 3.8) is 0 Å². The third-order valence-corrected chi connectivity index (χ3v) is 8.66. The molecule has 152 valence electrons. The van der Waals surface area contributed by atoms with E-state index < -0.39 is 17.0 Å². The van der Waals surface area contributed by atoms with Crippen LogP contribution in [-0.4, -0.2) is 28.9 Å². The van der Waals surface area contributed by atoms with Crippen molar-refractivity contribution in [3.05, 3.63) is 11.6 Å². The largest absolute Gasteiger partial charge is 0.451 e. The summed E-state index contributed by atoms with van der Waals surface area (Å²) in [5.74, 6) is -0.00842. The van der Waals surface area contributed by atoms with E-state index in [0.29, 0.717) is 12.8 Å². The molecule has 0 unspecified atom stereocenters. The molecule has 0 spiro atoms. The Hall–Kier alpha value is -1.78. The lowest BCUT2D eigenvalue weighted by molar-refractivity contribution is -0.188. The number of hydrogen-bond acceptors (Lipinski definition) is 5. The molecule has 0 aromatic rings. The monoisotopic (exact) mass is 386 g/mol. The molecule has 3 saturated carbocycles. The van der Waals surface area contributed by atoms with E-state index in [1.165, 1.54) is 13.8 Å². The summed E-state index contributed by atoms with van der Waals surface area (Å²) >= 11 is 0. The summed E-state index contributed by atoms with van der Waals surface area (Å²) in [4.78, 5) is 50.1. The molecule has 5 nitrogen and oxygen atoms in total. The van der Waals surface area contributed by atoms with Gasteiger partial charge < -0.3 is 4.74 Å². The van der Waals surface area contributed by atoms with Gasteiger partial charge in [0.05, 0.1) is 0 Å². The Bertz CT molecular complexity index is 810. The highest BCUT2D eigenvalue weighted by Gasteiger charge is 2.69. The van der Waals surface area contributed by atoms with Crippen molar-refractivity contribution in [1.29, 1.82) is 0 Å². The fourth-order valence-electron chi connectivity index (χ4n) is 7.43. The number of allylic oxidation sites excluding steroid dienone is 1. The van der Waals surface area contributed by atoms with Crippen molar-refractivity contribution in [2.45, 2.75) is 78.2 Å². The number of carbonyl (C=O) groups excluding carboxylic acids is 4. The number of Topliss-reactive ketones (excluding diaryl/α,β-unsaturated/α-hetero) is 2. The van der Waals surface area contributed by atoms with Crippen LogP contribution in [-0.2, 0) is 23.9 Å². The minimum Gasteiger partial charge on any atom is -0.451 e. The van der Waals surface area contributed by atoms with Gasteiger partial charge in [0, 0.05) is 31.1 Å². The lowest BCUT2D eigenvalue weighted by Gasteiger charge is -2.58. The highest BCUT2D eigenvalue weighted by atomic mass is 16.6. The first-order valence-corrected chi connectivity index (χ1v) is 10.5. The van der Waals surface area contributed by atoms with Gasteiger partial charge in [0.15, 0.2) is 17.2 Å². The van der Waals surface area contributed by atoms with Gasteiger partial charge in [0.2, 0.25) is 0 Å². The Kier molecular flexibility index (Phi) is 4.26. The van der Waals surface area contributed by atoms with Crippen molar-refractivity contribution < 1.29 is 23.9 Å². The van der Waals surface area contributed by atoms with Crippen molar-refractivity contribution in [1.82, 2.24) is 0 Å². The van der Waals surface area contributed by atoms with Crippen LogP contribution in [0.4, 0.5) is 0 Å². The normalized spacial score (nSPS) is 44.9. The molecule has 0 aromatic carbocycles. The van der Waals surface area contributed by atoms with Gasteiger partial charge in [-0.3, -0.25) is 19.2 Å². The van der Waals surface area contributed by atoms with Crippen LogP contribution in [0.1, 0.15) is 72.6 Å². The minimum atomic E-state index is -1.19. The van der Waals surface area contributed by atoms with Crippen LogP contribution in [0.15, 0.2) is 11.6 Å². The molecule has 28 heavy (non-hydrogen) atoms. The number of esters is 1. The number of ether oxygens (including phenoxy) is 1. The van der Waals surface area contributed by atoms with Gasteiger partial charge in [-0.15, -0.1) is 0 Å². The second-order valence-electron chi connectivity index (χ2n) is 9.92. The predicted molar refractivity (Wildman–Crippen MR) is 102 cm³/mol. The average molecular weight is 386 g/mol. The van der Waals surface area contributed by atoms with E-state index in [1.54, 1.807) is 6.08 Å². The summed E-state index contributed by atoms with van der Waals surface area (Å²) in [6.45, 7) is 6.97. The molecule has 0 radical (unpaired) electrons. The summed E-state index contributed by atoms with van der Waals surface area (Å²) in [5.41, 5.74) is -0.954. The Balaban J connectivity index is 1.77. The maximum absolute atomic E-state index is 13.6. The van der Waals surface area contributed by atoms with E-state index in [9.17, 15) is 19.2 Å². The van der Waals surface area contributed by atoms with E-state index >= 15 is 0 Å². The molecule has 4 rings (SSSR count). The zero-order chi connectivity index (χ0) is 20.5. The van der Waals surface area contributed by atoms with Gasteiger partial charge in [0.25, 0.3) is 0 Å². The fourth-order valence-corrected chi connectivity index (χ4v) is 7.43. The number of fused-ring (bicyclic) bond motifs is 5. The Morgan fingerprint density at radius 1 is 1.07 bits per heavy atom. The summed E-state index contributed by atoms with van der Waals surface area (Å²) in [7, 11) is 0. The van der Waals surface area contributed by atoms with Crippen molar-refractivity contribution >= 4 is 23.3 Å². The Morgan fingerprint density at radius 3 is 2.43 bits per heavy atom. The Morgan fingerprint density at radius 2 is 1.79 bits per heavy atom. The van der Waals surface area contributed by atoms with E-state index in [1.807, 2.05) is 6.92 Å². The average Bonchev–Trinajstić information content (AvgIpc) is 2.88. The second kappa shape index (κ2) is 6.11. The van der Waals surface area contributed by atoms with Crippen molar-refractivity contribution in [3.8, 4) is 0 Å². The molecular weight excluding hydrogens is 356 g/mol. The van der Waals surface area contributed by atoms with Crippen molar-refractivity contribution in [2.75, 3.05) is 0 Å². The highest BCUT2D eigenvalue weighted by molar-refractivity contribution is 5.94. The quantitative estimate of drug-likeness (QED) is 0.678. The number of carbonyl (C=O) groups is 4. The van der Waals surface area contributed by atoms with Crippen LogP contribution < -0.4 is 0 Å². The van der Waals surface area contributed by atoms with Crippen LogP contribution in [0.2, 0.25) is 0 Å². The van der Waals surface area contributed by atoms with Crippen molar-refractivity contribution in [2.24, 2.45) is 28.6 Å². The molecule has 0 amide bonds. The molecule has 0 aliphatic heterocycles. The first-order chi connectivity index (χ1) is 13.0. The number of rotatable bonds is 2. The van der Waals surface area contributed by atoms with Gasteiger partial charge in [-0.1, -0.05) is 19.4 Å². The van der Waals surface area contributed by atoms with Gasteiger partial charge in [-0.25, -0.2) is 0 Å². The molecule has 0 aromatic heterocycles. The molecular formula is C23H30O5. The van der Waals surface area contributed by atoms with Gasteiger partial charge in [-0.05, 0) is 62.4 Å². The molecule has 4 aliphatic carbocycles. The maximum Gasteiger partial charge on any atom is 0.303 e. The lowest BCUT2D eigenvalue weighted by Crippen LogP contribution is -2.61. The third kappa shape index (κ3) is 2.37. The molecule has 0 bridgehead atoms. The number of ketones is 3. The van der Waals surface area contributed by atoms with E-state index in [2.05, 4.69) is 6.92 Å². The minimum absolute atomic E-state index is 0.0984. The summed E-state index contributed by atoms with van der Waals surface area (Å²) in [6, 6.07) is 0. The molecule has 0 heterocycles. The van der Waals surface area contributed by atoms with E-state index in [-0.39, 0.29) is 46.9 Å². The fraction of sp³-hybridized carbons (Fsp3) is 0.739. The highest BCUT2D eigenvalue weighted by Crippen LogP contribution is 2.67. The zero-order valence-corrected chi connectivity index (χ0v) is 17.3. The molecule has 0 N–H and O–H groups in total. The summed E-state index contributed by atoms with van der Waals surface area (Å²) in [5, 5.41) is 0. The molecule has 5 heteroatoms. The molecule has 0 saturated heterocycles. The second-order valence-corrected chi connectivity index (χ2v) is 9.92. The smallest absolute Gasteiger partial charge is 0.303 e. The maximum atomic E-state index is 13.6. The van der Waals surface area contributed by atoms with E-state index in [0.717, 1.165) is 31.3 Å². The molecule has 6 atom stereocenters. The third-order valence-electron chi connectivity index (χ3n) is 8.66. The zero-order valence-electron chi connectivity index (χ0n) is 17.3. The first kappa shape index (κ1) is 19.5. The van der Waals surface area contributed by atoms with Crippen LogP contribution in [0.3, 0.4) is 0 Å².